The van der Waals surface area contributed by atoms with Gasteiger partial charge in [0.15, 0.2) is 0 Å². The first-order chi connectivity index (χ1) is 10.8. The number of nitrogens with one attached hydrogen (secondary N) is 1. The van der Waals surface area contributed by atoms with Gasteiger partial charge in [0, 0.05) is 34.6 Å². The number of fused-ring (bicyclic) bond motifs is 3. The second-order valence-electron chi connectivity index (χ2n) is 5.42. The van der Waals surface area contributed by atoms with Gasteiger partial charge in [-0.25, -0.2) is 0 Å². The number of nitrogens with zero attached hydrogens (tertiary/aromatic N) is 1. The largest absolute Gasteiger partial charge is 0.355 e. The predicted octanol–water partition coefficient (Wildman–Crippen LogP) is 4.17. The third-order valence-corrected chi connectivity index (χ3v) is 4.17. The highest BCUT2D eigenvalue weighted by Gasteiger charge is 2.09. The Balaban J connectivity index is 2.05. The van der Waals surface area contributed by atoms with Crippen LogP contribution in [0.25, 0.3) is 33.1 Å². The van der Waals surface area contributed by atoms with Crippen LogP contribution in [0.15, 0.2) is 65.5 Å². The molecule has 0 spiro atoms. The molecular weight excluding hydrogens is 272 g/mol. The van der Waals surface area contributed by atoms with Gasteiger partial charge in [0.05, 0.1) is 5.52 Å². The standard InChI is InChI=1S/C19H16N2O/c1-2-21-18-10-9-16-15(14(18)8-11-19(21)22)12-17(20-16)13-6-4-3-5-7-13/h3-12,20H,2H2,1H3. The molecule has 4 aromatic rings. The van der Waals surface area contributed by atoms with E-state index in [1.807, 2.05) is 41.8 Å². The Kier molecular flexibility index (Phi) is 2.86. The number of aryl methyl sites for hydroxylation is 1. The first-order valence-corrected chi connectivity index (χ1v) is 7.48. The molecule has 2 aromatic carbocycles. The first-order valence-electron chi connectivity index (χ1n) is 7.48. The zero-order valence-corrected chi connectivity index (χ0v) is 12.3. The summed E-state index contributed by atoms with van der Waals surface area (Å²) in [6.45, 7) is 2.68. The lowest BCUT2D eigenvalue weighted by Gasteiger charge is -2.07. The van der Waals surface area contributed by atoms with Gasteiger partial charge < -0.3 is 9.55 Å². The Hall–Kier alpha value is -2.81. The summed E-state index contributed by atoms with van der Waals surface area (Å²) in [5.74, 6) is 0. The van der Waals surface area contributed by atoms with Gasteiger partial charge in [-0.2, -0.15) is 0 Å². The minimum absolute atomic E-state index is 0.0492. The topological polar surface area (TPSA) is 37.8 Å². The second kappa shape index (κ2) is 4.88. The molecule has 2 aromatic heterocycles. The first kappa shape index (κ1) is 12.9. The van der Waals surface area contributed by atoms with Crippen molar-refractivity contribution in [1.29, 1.82) is 0 Å². The number of hydrogen-bond acceptors (Lipinski definition) is 1. The van der Waals surface area contributed by atoms with Gasteiger partial charge in [0.25, 0.3) is 5.56 Å². The molecule has 0 unspecified atom stereocenters. The SMILES string of the molecule is CCn1c(=O)ccc2c3cc(-c4ccccc4)[nH]c3ccc21. The summed E-state index contributed by atoms with van der Waals surface area (Å²) in [5.41, 5.74) is 4.38. The summed E-state index contributed by atoms with van der Waals surface area (Å²) in [7, 11) is 0. The lowest BCUT2D eigenvalue weighted by atomic mass is 10.1. The van der Waals surface area contributed by atoms with Gasteiger partial charge in [-0.15, -0.1) is 0 Å². The molecular formula is C19H16N2O. The second-order valence-corrected chi connectivity index (χ2v) is 5.42. The minimum atomic E-state index is 0.0492. The molecule has 0 bridgehead atoms. The maximum absolute atomic E-state index is 12.0. The van der Waals surface area contributed by atoms with Crippen LogP contribution in [0.4, 0.5) is 0 Å². The molecule has 2 heterocycles. The van der Waals surface area contributed by atoms with Crippen LogP contribution in [0.5, 0.6) is 0 Å². The number of pyridine rings is 1. The Bertz CT molecular complexity index is 1030. The fourth-order valence-electron chi connectivity index (χ4n) is 3.09. The molecule has 4 rings (SSSR count). The van der Waals surface area contributed by atoms with Gasteiger partial charge in [-0.3, -0.25) is 4.79 Å². The van der Waals surface area contributed by atoms with Crippen LogP contribution in [0, 0.1) is 0 Å². The van der Waals surface area contributed by atoms with Gasteiger partial charge in [0.1, 0.15) is 0 Å². The van der Waals surface area contributed by atoms with Gasteiger partial charge in [-0.05, 0) is 36.8 Å². The van der Waals surface area contributed by atoms with Crippen LogP contribution in [0.2, 0.25) is 0 Å². The smallest absolute Gasteiger partial charge is 0.251 e. The molecule has 0 aliphatic heterocycles. The summed E-state index contributed by atoms with van der Waals surface area (Å²) in [6, 6.07) is 20.1. The van der Waals surface area contributed by atoms with Gasteiger partial charge in [-0.1, -0.05) is 30.3 Å². The van der Waals surface area contributed by atoms with Crippen molar-refractivity contribution < 1.29 is 0 Å². The van der Waals surface area contributed by atoms with Gasteiger partial charge in [0.2, 0.25) is 0 Å². The van der Waals surface area contributed by atoms with Crippen molar-refractivity contribution in [1.82, 2.24) is 9.55 Å². The van der Waals surface area contributed by atoms with Crippen molar-refractivity contribution in [3.8, 4) is 11.3 Å². The Labute approximate surface area is 127 Å². The number of aromatic nitrogens is 2. The maximum atomic E-state index is 12.0. The van der Waals surface area contributed by atoms with Crippen molar-refractivity contribution in [2.24, 2.45) is 0 Å². The Morgan fingerprint density at radius 1 is 0.955 bits per heavy atom. The highest BCUT2D eigenvalue weighted by molar-refractivity contribution is 6.07. The van der Waals surface area contributed by atoms with E-state index in [1.165, 1.54) is 0 Å². The van der Waals surface area contributed by atoms with E-state index in [4.69, 9.17) is 0 Å². The molecule has 3 nitrogen and oxygen atoms in total. The third-order valence-electron chi connectivity index (χ3n) is 4.17. The van der Waals surface area contributed by atoms with E-state index >= 15 is 0 Å². The number of H-pyrrole nitrogens is 1. The lowest BCUT2D eigenvalue weighted by molar-refractivity contribution is 0.760. The molecule has 1 N–H and O–H groups in total. The van der Waals surface area contributed by atoms with Crippen LogP contribution in [-0.2, 0) is 6.54 Å². The zero-order chi connectivity index (χ0) is 15.1. The molecule has 0 radical (unpaired) electrons. The van der Waals surface area contributed by atoms with Crippen LogP contribution in [-0.4, -0.2) is 9.55 Å². The fourth-order valence-corrected chi connectivity index (χ4v) is 3.09. The molecule has 0 saturated heterocycles. The summed E-state index contributed by atoms with van der Waals surface area (Å²) >= 11 is 0. The fraction of sp³-hybridized carbons (Fsp3) is 0.105. The normalized spacial score (nSPS) is 11.3. The summed E-state index contributed by atoms with van der Waals surface area (Å²) < 4.78 is 1.81. The van der Waals surface area contributed by atoms with Crippen molar-refractivity contribution in [3.05, 3.63) is 71.0 Å². The van der Waals surface area contributed by atoms with Crippen molar-refractivity contribution in [2.75, 3.05) is 0 Å². The molecule has 0 aliphatic rings. The van der Waals surface area contributed by atoms with E-state index in [0.717, 1.165) is 33.1 Å². The Morgan fingerprint density at radius 2 is 1.77 bits per heavy atom. The van der Waals surface area contributed by atoms with E-state index in [0.29, 0.717) is 6.54 Å². The molecule has 0 aliphatic carbocycles. The molecule has 0 fully saturated rings. The van der Waals surface area contributed by atoms with Crippen molar-refractivity contribution in [3.63, 3.8) is 0 Å². The van der Waals surface area contributed by atoms with E-state index in [9.17, 15) is 4.79 Å². The van der Waals surface area contributed by atoms with Crippen LogP contribution >= 0.6 is 0 Å². The summed E-state index contributed by atoms with van der Waals surface area (Å²) in [6.07, 6.45) is 0. The molecule has 0 atom stereocenters. The van der Waals surface area contributed by atoms with E-state index < -0.39 is 0 Å². The molecule has 0 amide bonds. The van der Waals surface area contributed by atoms with Crippen LogP contribution in [0.1, 0.15) is 6.92 Å². The highest BCUT2D eigenvalue weighted by atomic mass is 16.1. The van der Waals surface area contributed by atoms with Gasteiger partial charge >= 0.3 is 0 Å². The molecule has 0 saturated carbocycles. The van der Waals surface area contributed by atoms with E-state index in [1.54, 1.807) is 6.07 Å². The Morgan fingerprint density at radius 3 is 2.55 bits per heavy atom. The van der Waals surface area contributed by atoms with E-state index in [-0.39, 0.29) is 5.56 Å². The third kappa shape index (κ3) is 1.86. The molecule has 3 heteroatoms. The quantitative estimate of drug-likeness (QED) is 0.590. The minimum Gasteiger partial charge on any atom is -0.355 e. The summed E-state index contributed by atoms with van der Waals surface area (Å²) in [5, 5.41) is 2.26. The highest BCUT2D eigenvalue weighted by Crippen LogP contribution is 2.29. The number of rotatable bonds is 2. The average molecular weight is 288 g/mol. The zero-order valence-electron chi connectivity index (χ0n) is 12.3. The monoisotopic (exact) mass is 288 g/mol. The number of aromatic amines is 1. The van der Waals surface area contributed by atoms with Crippen LogP contribution < -0.4 is 5.56 Å². The van der Waals surface area contributed by atoms with Crippen LogP contribution in [0.3, 0.4) is 0 Å². The number of hydrogen-bond donors (Lipinski definition) is 1. The summed E-state index contributed by atoms with van der Waals surface area (Å²) in [4.78, 5) is 15.5. The number of benzene rings is 2. The van der Waals surface area contributed by atoms with E-state index in [2.05, 4.69) is 29.2 Å². The van der Waals surface area contributed by atoms with Crippen molar-refractivity contribution in [2.45, 2.75) is 13.5 Å². The predicted molar refractivity (Wildman–Crippen MR) is 91.2 cm³/mol. The maximum Gasteiger partial charge on any atom is 0.251 e. The molecule has 22 heavy (non-hydrogen) atoms. The average Bonchev–Trinajstić information content (AvgIpc) is 3.00. The van der Waals surface area contributed by atoms with Crippen molar-refractivity contribution >= 4 is 21.8 Å². The molecule has 108 valence electrons. The lowest BCUT2D eigenvalue weighted by Crippen LogP contribution is -2.17.